The summed E-state index contributed by atoms with van der Waals surface area (Å²) in [5, 5.41) is 4.12. The highest BCUT2D eigenvalue weighted by molar-refractivity contribution is 9.10. The summed E-state index contributed by atoms with van der Waals surface area (Å²) < 4.78 is 8.56. The van der Waals surface area contributed by atoms with E-state index in [9.17, 15) is 0 Å². The molecule has 0 saturated heterocycles. The monoisotopic (exact) mass is 328 g/mol. The van der Waals surface area contributed by atoms with Crippen LogP contribution in [0, 0.1) is 0 Å². The molecule has 0 fully saturated rings. The van der Waals surface area contributed by atoms with E-state index in [1.165, 1.54) is 5.56 Å². The number of rotatable bonds is 5. The maximum atomic E-state index is 5.89. The molecule has 0 bridgehead atoms. The second-order valence-corrected chi connectivity index (χ2v) is 5.19. The number of alkyl halides is 1. The molecule has 0 aliphatic carbocycles. The van der Waals surface area contributed by atoms with Crippen LogP contribution in [-0.2, 0) is 19.3 Å². The third-order valence-electron chi connectivity index (χ3n) is 2.57. The fourth-order valence-electron chi connectivity index (χ4n) is 1.67. The predicted molar refractivity (Wildman–Crippen MR) is 76.1 cm³/mol. The van der Waals surface area contributed by atoms with Gasteiger partial charge in [0.1, 0.15) is 5.75 Å². The van der Waals surface area contributed by atoms with E-state index in [1.54, 1.807) is 4.68 Å². The summed E-state index contributed by atoms with van der Waals surface area (Å²) in [4.78, 5) is 0. The Bertz CT molecular complexity index is 527. The molecule has 0 aliphatic rings. The average Bonchev–Trinajstić information content (AvgIpc) is 2.77. The van der Waals surface area contributed by atoms with E-state index in [0.717, 1.165) is 22.2 Å². The van der Waals surface area contributed by atoms with Crippen LogP contribution in [0.3, 0.4) is 0 Å². The zero-order valence-corrected chi connectivity index (χ0v) is 12.4. The van der Waals surface area contributed by atoms with Crippen molar-refractivity contribution in [2.45, 2.75) is 12.3 Å². The lowest BCUT2D eigenvalue weighted by Gasteiger charge is -2.09. The molecule has 0 amide bonds. The normalized spacial score (nSPS) is 10.6. The number of hydrogen-bond acceptors (Lipinski definition) is 2. The molecule has 0 atom stereocenters. The van der Waals surface area contributed by atoms with Crippen molar-refractivity contribution in [1.29, 1.82) is 0 Å². The Hall–Kier alpha value is -1.00. The van der Waals surface area contributed by atoms with Crippen LogP contribution in [0.2, 0.25) is 0 Å². The minimum absolute atomic E-state index is 0.446. The number of aryl methyl sites for hydroxylation is 1. The summed E-state index contributed by atoms with van der Waals surface area (Å²) in [6.45, 7) is 0.622. The zero-order chi connectivity index (χ0) is 13.0. The molecule has 0 aliphatic heterocycles. The fraction of sp³-hybridized carbons (Fsp3) is 0.308. The summed E-state index contributed by atoms with van der Waals surface area (Å²) in [5.41, 5.74) is 2.17. The molecule has 2 aromatic rings. The molecule has 18 heavy (non-hydrogen) atoms. The minimum Gasteiger partial charge on any atom is -0.493 e. The van der Waals surface area contributed by atoms with E-state index in [1.807, 2.05) is 37.6 Å². The summed E-state index contributed by atoms with van der Waals surface area (Å²) >= 11 is 9.31. The molecule has 1 heterocycles. The molecule has 0 spiro atoms. The maximum Gasteiger partial charge on any atom is 0.123 e. The highest BCUT2D eigenvalue weighted by Crippen LogP contribution is 2.24. The van der Waals surface area contributed by atoms with Gasteiger partial charge in [0, 0.05) is 29.7 Å². The molecule has 1 aromatic heterocycles. The van der Waals surface area contributed by atoms with Gasteiger partial charge in [0.2, 0.25) is 0 Å². The van der Waals surface area contributed by atoms with Crippen LogP contribution < -0.4 is 4.74 Å². The number of aromatic nitrogens is 2. The van der Waals surface area contributed by atoms with Crippen molar-refractivity contribution < 1.29 is 4.74 Å². The smallest absolute Gasteiger partial charge is 0.123 e. The van der Waals surface area contributed by atoms with Gasteiger partial charge in [-0.05, 0) is 23.8 Å². The van der Waals surface area contributed by atoms with Crippen LogP contribution in [0.4, 0.5) is 0 Å². The third-order valence-corrected chi connectivity index (χ3v) is 3.35. The molecule has 5 heteroatoms. The molecule has 0 unspecified atom stereocenters. The Morgan fingerprint density at radius 2 is 2.28 bits per heavy atom. The summed E-state index contributed by atoms with van der Waals surface area (Å²) in [5.74, 6) is 1.29. The third kappa shape index (κ3) is 3.50. The Labute approximate surface area is 120 Å². The average molecular weight is 330 g/mol. The second-order valence-electron chi connectivity index (χ2n) is 4.01. The van der Waals surface area contributed by atoms with Gasteiger partial charge in [0.15, 0.2) is 0 Å². The van der Waals surface area contributed by atoms with Gasteiger partial charge in [-0.25, -0.2) is 0 Å². The van der Waals surface area contributed by atoms with Crippen LogP contribution in [0.15, 0.2) is 35.1 Å². The number of ether oxygens (including phenoxy) is 1. The number of hydrogen-bond donors (Lipinski definition) is 0. The van der Waals surface area contributed by atoms with Crippen LogP contribution in [0.5, 0.6) is 5.75 Å². The Balaban J connectivity index is 1.94. The van der Waals surface area contributed by atoms with Gasteiger partial charge in [-0.1, -0.05) is 15.9 Å². The first kappa shape index (κ1) is 13.4. The van der Waals surface area contributed by atoms with Crippen LogP contribution in [0.25, 0.3) is 0 Å². The first-order chi connectivity index (χ1) is 8.69. The summed E-state index contributed by atoms with van der Waals surface area (Å²) in [6, 6.07) is 5.87. The largest absolute Gasteiger partial charge is 0.493 e. The second kappa shape index (κ2) is 6.25. The number of benzene rings is 1. The van der Waals surface area contributed by atoms with Gasteiger partial charge in [0.25, 0.3) is 0 Å². The van der Waals surface area contributed by atoms with Crippen molar-refractivity contribution in [3.8, 4) is 5.75 Å². The summed E-state index contributed by atoms with van der Waals surface area (Å²) in [7, 11) is 1.91. The van der Waals surface area contributed by atoms with Crippen molar-refractivity contribution in [3.63, 3.8) is 0 Å². The molecule has 0 radical (unpaired) electrons. The first-order valence-electron chi connectivity index (χ1n) is 5.64. The molecule has 96 valence electrons. The van der Waals surface area contributed by atoms with Gasteiger partial charge in [-0.2, -0.15) is 5.10 Å². The molecule has 2 rings (SSSR count). The van der Waals surface area contributed by atoms with E-state index in [2.05, 4.69) is 21.0 Å². The number of nitrogens with zero attached hydrogens (tertiary/aromatic N) is 2. The standard InChI is InChI=1S/C13H14BrClN2O/c1-17-9-10(8-16-17)4-5-18-13-3-2-12(14)6-11(13)7-15/h2-3,6,8-9H,4-5,7H2,1H3. The molecule has 1 aromatic carbocycles. The number of halogens is 2. The lowest BCUT2D eigenvalue weighted by Crippen LogP contribution is -2.02. The Kier molecular flexibility index (Phi) is 4.66. The molecule has 0 saturated carbocycles. The minimum atomic E-state index is 0.446. The predicted octanol–water partition coefficient (Wildman–Crippen LogP) is 3.54. The van der Waals surface area contributed by atoms with Gasteiger partial charge in [-0.15, -0.1) is 11.6 Å². The van der Waals surface area contributed by atoms with Crippen LogP contribution in [-0.4, -0.2) is 16.4 Å². The van der Waals surface area contributed by atoms with Gasteiger partial charge in [0.05, 0.1) is 18.7 Å². The topological polar surface area (TPSA) is 27.1 Å². The quantitative estimate of drug-likeness (QED) is 0.785. The van der Waals surface area contributed by atoms with Gasteiger partial charge < -0.3 is 4.74 Å². The van der Waals surface area contributed by atoms with E-state index in [0.29, 0.717) is 12.5 Å². The first-order valence-corrected chi connectivity index (χ1v) is 6.96. The van der Waals surface area contributed by atoms with Gasteiger partial charge >= 0.3 is 0 Å². The zero-order valence-electron chi connectivity index (χ0n) is 10.1. The van der Waals surface area contributed by atoms with Crippen molar-refractivity contribution in [3.05, 3.63) is 46.2 Å². The lowest BCUT2D eigenvalue weighted by molar-refractivity contribution is 0.319. The van der Waals surface area contributed by atoms with E-state index < -0.39 is 0 Å². The Morgan fingerprint density at radius 3 is 2.94 bits per heavy atom. The summed E-state index contributed by atoms with van der Waals surface area (Å²) in [6.07, 6.45) is 4.69. The van der Waals surface area contributed by atoms with E-state index in [-0.39, 0.29) is 0 Å². The van der Waals surface area contributed by atoms with E-state index >= 15 is 0 Å². The SMILES string of the molecule is Cn1cc(CCOc2ccc(Br)cc2CCl)cn1. The van der Waals surface area contributed by atoms with Crippen molar-refractivity contribution in [1.82, 2.24) is 9.78 Å². The fourth-order valence-corrected chi connectivity index (χ4v) is 2.29. The highest BCUT2D eigenvalue weighted by Gasteiger charge is 2.04. The molecular formula is C13H14BrClN2O. The molecule has 3 nitrogen and oxygen atoms in total. The van der Waals surface area contributed by atoms with Crippen molar-refractivity contribution in [2.24, 2.45) is 7.05 Å². The van der Waals surface area contributed by atoms with Crippen molar-refractivity contribution in [2.75, 3.05) is 6.61 Å². The highest BCUT2D eigenvalue weighted by atomic mass is 79.9. The van der Waals surface area contributed by atoms with Crippen LogP contribution in [0.1, 0.15) is 11.1 Å². The molecular weight excluding hydrogens is 316 g/mol. The lowest BCUT2D eigenvalue weighted by atomic mass is 10.2. The van der Waals surface area contributed by atoms with E-state index in [4.69, 9.17) is 16.3 Å². The molecule has 0 N–H and O–H groups in total. The maximum absolute atomic E-state index is 5.89. The van der Waals surface area contributed by atoms with Crippen molar-refractivity contribution >= 4 is 27.5 Å². The van der Waals surface area contributed by atoms with Crippen LogP contribution >= 0.6 is 27.5 Å². The Morgan fingerprint density at radius 1 is 1.44 bits per heavy atom. The van der Waals surface area contributed by atoms with Gasteiger partial charge in [-0.3, -0.25) is 4.68 Å².